The molecule has 124 valence electrons. The molecule has 0 bridgehead atoms. The van der Waals surface area contributed by atoms with E-state index in [0.717, 1.165) is 57.1 Å². The Morgan fingerprint density at radius 3 is 2.74 bits per heavy atom. The molecule has 2 heterocycles. The lowest BCUT2D eigenvalue weighted by molar-refractivity contribution is 0.138. The minimum atomic E-state index is 0.491. The maximum absolute atomic E-state index is 5.60. The third kappa shape index (κ3) is 4.18. The van der Waals surface area contributed by atoms with Crippen LogP contribution in [0.1, 0.15) is 30.3 Å². The van der Waals surface area contributed by atoms with Crippen molar-refractivity contribution < 1.29 is 4.74 Å². The Hall–Kier alpha value is -1.72. The lowest BCUT2D eigenvalue weighted by atomic mass is 10.1. The van der Waals surface area contributed by atoms with Gasteiger partial charge in [0.1, 0.15) is 0 Å². The van der Waals surface area contributed by atoms with Crippen molar-refractivity contribution in [2.75, 3.05) is 19.8 Å². The first-order chi connectivity index (χ1) is 11.3. The Balaban J connectivity index is 1.68. The Bertz CT molecular complexity index is 605. The van der Waals surface area contributed by atoms with Gasteiger partial charge in [-0.05, 0) is 32.3 Å². The van der Waals surface area contributed by atoms with Gasteiger partial charge >= 0.3 is 0 Å². The molecule has 3 rings (SSSR count). The summed E-state index contributed by atoms with van der Waals surface area (Å²) in [6.07, 6.45) is 2.16. The molecule has 1 aliphatic rings. The van der Waals surface area contributed by atoms with Crippen LogP contribution in [0.25, 0.3) is 0 Å². The molecule has 0 spiro atoms. The van der Waals surface area contributed by atoms with Crippen LogP contribution < -0.4 is 0 Å². The monoisotopic (exact) mass is 314 g/mol. The fourth-order valence-electron chi connectivity index (χ4n) is 3.06. The number of hydrogen-bond donors (Lipinski definition) is 0. The highest BCUT2D eigenvalue weighted by atomic mass is 16.5. The number of aromatic nitrogens is 3. The molecule has 1 atom stereocenters. The van der Waals surface area contributed by atoms with Gasteiger partial charge in [-0.3, -0.25) is 4.90 Å². The summed E-state index contributed by atoms with van der Waals surface area (Å²) in [5.41, 5.74) is 3.51. The Labute approximate surface area is 138 Å². The average Bonchev–Trinajstić information content (AvgIpc) is 3.22. The zero-order valence-corrected chi connectivity index (χ0v) is 14.1. The minimum Gasteiger partial charge on any atom is -0.380 e. The summed E-state index contributed by atoms with van der Waals surface area (Å²) in [5.74, 6) is 0. The number of aryl methyl sites for hydroxylation is 2. The Morgan fingerprint density at radius 2 is 2.09 bits per heavy atom. The van der Waals surface area contributed by atoms with Crippen LogP contribution in [0, 0.1) is 6.92 Å². The van der Waals surface area contributed by atoms with Gasteiger partial charge in [-0.25, -0.2) is 0 Å². The van der Waals surface area contributed by atoms with Crippen molar-refractivity contribution in [2.24, 2.45) is 0 Å². The molecule has 1 aliphatic heterocycles. The summed E-state index contributed by atoms with van der Waals surface area (Å²) in [6.45, 7) is 8.51. The van der Waals surface area contributed by atoms with Gasteiger partial charge in [0, 0.05) is 25.7 Å². The smallest absolute Gasteiger partial charge is 0.0996 e. The molecule has 2 aromatic rings. The summed E-state index contributed by atoms with van der Waals surface area (Å²) in [4.78, 5) is 4.29. The van der Waals surface area contributed by atoms with Crippen LogP contribution >= 0.6 is 0 Å². The third-order valence-electron chi connectivity index (χ3n) is 4.51. The maximum Gasteiger partial charge on any atom is 0.0996 e. The van der Waals surface area contributed by atoms with Crippen LogP contribution in [0.4, 0.5) is 0 Å². The second-order valence-corrected chi connectivity index (χ2v) is 6.14. The van der Waals surface area contributed by atoms with Crippen LogP contribution in [0.2, 0.25) is 0 Å². The van der Waals surface area contributed by atoms with E-state index in [1.165, 1.54) is 5.56 Å². The van der Waals surface area contributed by atoms with Gasteiger partial charge < -0.3 is 4.74 Å². The van der Waals surface area contributed by atoms with Crippen LogP contribution in [0.15, 0.2) is 30.3 Å². The first-order valence-electron chi connectivity index (χ1n) is 8.52. The predicted molar refractivity (Wildman–Crippen MR) is 90.2 cm³/mol. The molecule has 23 heavy (non-hydrogen) atoms. The molecule has 0 amide bonds. The highest BCUT2D eigenvalue weighted by molar-refractivity contribution is 5.15. The van der Waals surface area contributed by atoms with Crippen LogP contribution in [0.3, 0.4) is 0 Å². The molecular weight excluding hydrogens is 288 g/mol. The fourth-order valence-corrected chi connectivity index (χ4v) is 3.06. The van der Waals surface area contributed by atoms with E-state index >= 15 is 0 Å². The van der Waals surface area contributed by atoms with Gasteiger partial charge in [0.25, 0.3) is 0 Å². The lowest BCUT2D eigenvalue weighted by Gasteiger charge is -2.27. The van der Waals surface area contributed by atoms with Gasteiger partial charge in [0.2, 0.25) is 0 Å². The highest BCUT2D eigenvalue weighted by Gasteiger charge is 2.24. The molecule has 0 N–H and O–H groups in total. The summed E-state index contributed by atoms with van der Waals surface area (Å²) >= 11 is 0. The van der Waals surface area contributed by atoms with Gasteiger partial charge in [0.05, 0.1) is 24.5 Å². The maximum atomic E-state index is 5.60. The molecule has 0 saturated carbocycles. The SMILES string of the molecule is CCn1nc(C)c(CN(CCc2ccccc2)C2CCOC2)n1. The van der Waals surface area contributed by atoms with E-state index in [0.29, 0.717) is 6.04 Å². The number of ether oxygens (including phenoxy) is 1. The standard InChI is InChI=1S/C18H26N4O/c1-3-22-19-15(2)18(20-22)13-21(17-10-12-23-14-17)11-9-16-7-5-4-6-8-16/h4-8,17H,3,9-14H2,1-2H3. The van der Waals surface area contributed by atoms with Crippen molar-refractivity contribution in [1.82, 2.24) is 19.9 Å². The normalized spacial score (nSPS) is 18.0. The molecule has 0 radical (unpaired) electrons. The van der Waals surface area contributed by atoms with Crippen LogP contribution in [-0.2, 0) is 24.2 Å². The quantitative estimate of drug-likeness (QED) is 0.787. The van der Waals surface area contributed by atoms with Gasteiger partial charge in [-0.15, -0.1) is 0 Å². The second kappa shape index (κ2) is 7.70. The average molecular weight is 314 g/mol. The van der Waals surface area contributed by atoms with Crippen LogP contribution in [0.5, 0.6) is 0 Å². The molecule has 1 fully saturated rings. The van der Waals surface area contributed by atoms with Gasteiger partial charge in [-0.1, -0.05) is 30.3 Å². The van der Waals surface area contributed by atoms with E-state index in [4.69, 9.17) is 4.74 Å². The fraction of sp³-hybridized carbons (Fsp3) is 0.556. The summed E-state index contributed by atoms with van der Waals surface area (Å²) in [7, 11) is 0. The van der Waals surface area contributed by atoms with Gasteiger partial charge in [0.15, 0.2) is 0 Å². The third-order valence-corrected chi connectivity index (χ3v) is 4.51. The first kappa shape index (κ1) is 16.1. The topological polar surface area (TPSA) is 43.2 Å². The number of nitrogens with zero attached hydrogens (tertiary/aromatic N) is 4. The van der Waals surface area contributed by atoms with E-state index in [9.17, 15) is 0 Å². The number of hydrogen-bond acceptors (Lipinski definition) is 4. The van der Waals surface area contributed by atoms with E-state index < -0.39 is 0 Å². The van der Waals surface area contributed by atoms with Crippen molar-refractivity contribution in [1.29, 1.82) is 0 Å². The summed E-state index contributed by atoms with van der Waals surface area (Å²) in [6, 6.07) is 11.2. The minimum absolute atomic E-state index is 0.491. The van der Waals surface area contributed by atoms with Crippen molar-refractivity contribution in [3.8, 4) is 0 Å². The molecule has 1 unspecified atom stereocenters. The summed E-state index contributed by atoms with van der Waals surface area (Å²) in [5, 5.41) is 9.09. The second-order valence-electron chi connectivity index (χ2n) is 6.14. The molecule has 0 aliphatic carbocycles. The molecule has 1 aromatic carbocycles. The van der Waals surface area contributed by atoms with E-state index in [-0.39, 0.29) is 0 Å². The molecule has 5 nitrogen and oxygen atoms in total. The van der Waals surface area contributed by atoms with E-state index in [1.54, 1.807) is 4.80 Å². The van der Waals surface area contributed by atoms with E-state index in [1.807, 2.05) is 0 Å². The molecule has 1 saturated heterocycles. The number of rotatable bonds is 7. The molecule has 5 heteroatoms. The van der Waals surface area contributed by atoms with Crippen molar-refractivity contribution >= 4 is 0 Å². The molecule has 1 aromatic heterocycles. The van der Waals surface area contributed by atoms with Crippen molar-refractivity contribution in [2.45, 2.75) is 45.8 Å². The largest absolute Gasteiger partial charge is 0.380 e. The van der Waals surface area contributed by atoms with Crippen molar-refractivity contribution in [3.63, 3.8) is 0 Å². The predicted octanol–water partition coefficient (Wildman–Crippen LogP) is 2.44. The Morgan fingerprint density at radius 1 is 1.26 bits per heavy atom. The summed E-state index contributed by atoms with van der Waals surface area (Å²) < 4.78 is 5.60. The molecular formula is C18H26N4O. The van der Waals surface area contributed by atoms with Crippen LogP contribution in [-0.4, -0.2) is 45.7 Å². The lowest BCUT2D eigenvalue weighted by Crippen LogP contribution is -2.37. The first-order valence-corrected chi connectivity index (χ1v) is 8.52. The Kier molecular flexibility index (Phi) is 5.41. The van der Waals surface area contributed by atoms with Crippen molar-refractivity contribution in [3.05, 3.63) is 47.3 Å². The van der Waals surface area contributed by atoms with Gasteiger partial charge in [-0.2, -0.15) is 15.0 Å². The zero-order valence-electron chi connectivity index (χ0n) is 14.1. The zero-order chi connectivity index (χ0) is 16.1. The number of benzene rings is 1. The highest BCUT2D eigenvalue weighted by Crippen LogP contribution is 2.17. The van der Waals surface area contributed by atoms with E-state index in [2.05, 4.69) is 59.3 Å².